The molecule has 1 saturated heterocycles. The van der Waals surface area contributed by atoms with Gasteiger partial charge in [-0.2, -0.15) is 8.78 Å². The number of carbonyl (C=O) groups is 2. The van der Waals surface area contributed by atoms with Crippen molar-refractivity contribution in [1.82, 2.24) is 4.90 Å². The van der Waals surface area contributed by atoms with Crippen molar-refractivity contribution in [3.8, 4) is 11.5 Å². The Labute approximate surface area is 177 Å². The van der Waals surface area contributed by atoms with E-state index in [4.69, 9.17) is 16.3 Å². The van der Waals surface area contributed by atoms with Crippen LogP contribution < -0.4 is 14.8 Å². The van der Waals surface area contributed by atoms with E-state index in [-0.39, 0.29) is 23.8 Å². The van der Waals surface area contributed by atoms with Crippen molar-refractivity contribution in [1.29, 1.82) is 0 Å². The van der Waals surface area contributed by atoms with Gasteiger partial charge in [0.25, 0.3) is 5.91 Å². The molecule has 3 rings (SSSR count). The van der Waals surface area contributed by atoms with Crippen molar-refractivity contribution < 1.29 is 27.8 Å². The number of nitrogens with one attached hydrogen (secondary N) is 1. The number of alkyl halides is 2. The van der Waals surface area contributed by atoms with E-state index in [1.54, 1.807) is 24.3 Å². The number of anilines is 1. The fraction of sp³-hybridized carbons (Fsp3) is 0.333. The highest BCUT2D eigenvalue weighted by Gasteiger charge is 2.30. The molecule has 1 unspecified atom stereocenters. The maximum atomic E-state index is 12.9. The topological polar surface area (TPSA) is 67.9 Å². The van der Waals surface area contributed by atoms with Gasteiger partial charge in [0, 0.05) is 18.8 Å². The third-order valence-corrected chi connectivity index (χ3v) is 5.13. The number of methoxy groups -OCH3 is 1. The molecule has 2 aromatic rings. The summed E-state index contributed by atoms with van der Waals surface area (Å²) in [5.74, 6) is -0.820. The molecule has 1 fully saturated rings. The van der Waals surface area contributed by atoms with Gasteiger partial charge in [-0.05, 0) is 43.2 Å². The average molecular weight is 439 g/mol. The fourth-order valence-corrected chi connectivity index (χ4v) is 3.63. The number of para-hydroxylation sites is 1. The predicted molar refractivity (Wildman–Crippen MR) is 108 cm³/mol. The van der Waals surface area contributed by atoms with Crippen LogP contribution in [0.5, 0.6) is 11.5 Å². The molecule has 0 aromatic heterocycles. The largest absolute Gasteiger partial charge is 0.495 e. The normalized spacial score (nSPS) is 16.3. The summed E-state index contributed by atoms with van der Waals surface area (Å²) < 4.78 is 34.8. The minimum atomic E-state index is -3.03. The highest BCUT2D eigenvalue weighted by molar-refractivity contribution is 6.32. The smallest absolute Gasteiger partial charge is 0.387 e. The molecule has 160 valence electrons. The molecule has 0 spiro atoms. The van der Waals surface area contributed by atoms with Crippen molar-refractivity contribution in [2.75, 3.05) is 25.5 Å². The molecule has 0 saturated carbocycles. The van der Waals surface area contributed by atoms with Crippen molar-refractivity contribution in [3.05, 3.63) is 53.1 Å². The van der Waals surface area contributed by atoms with Crippen LogP contribution in [0.4, 0.5) is 14.5 Å². The molecule has 2 amide bonds. The molecule has 0 aliphatic carbocycles. The first kappa shape index (κ1) is 21.8. The van der Waals surface area contributed by atoms with Crippen LogP contribution in [0.25, 0.3) is 0 Å². The predicted octanol–water partition coefficient (Wildman–Crippen LogP) is 4.44. The number of hydrogen-bond acceptors (Lipinski definition) is 4. The molecule has 1 aliphatic rings. The summed E-state index contributed by atoms with van der Waals surface area (Å²) in [6.07, 6.45) is 1.22. The maximum absolute atomic E-state index is 12.9. The molecule has 0 bridgehead atoms. The van der Waals surface area contributed by atoms with Gasteiger partial charge in [-0.1, -0.05) is 23.7 Å². The molecule has 30 heavy (non-hydrogen) atoms. The number of amides is 2. The van der Waals surface area contributed by atoms with E-state index >= 15 is 0 Å². The lowest BCUT2D eigenvalue weighted by Crippen LogP contribution is -2.43. The molecule has 1 aliphatic heterocycles. The summed E-state index contributed by atoms with van der Waals surface area (Å²) in [5, 5.41) is 3.17. The van der Waals surface area contributed by atoms with Crippen LogP contribution in [0, 0.1) is 5.92 Å². The van der Waals surface area contributed by atoms with E-state index in [2.05, 4.69) is 10.1 Å². The van der Waals surface area contributed by atoms with Gasteiger partial charge in [0.1, 0.15) is 11.5 Å². The second-order valence-electron chi connectivity index (χ2n) is 6.80. The Hall–Kier alpha value is -2.87. The highest BCUT2D eigenvalue weighted by Crippen LogP contribution is 2.29. The van der Waals surface area contributed by atoms with Crippen LogP contribution in [0.3, 0.4) is 0 Å². The highest BCUT2D eigenvalue weighted by atomic mass is 35.5. The first-order valence-corrected chi connectivity index (χ1v) is 9.74. The number of hydrogen-bond donors (Lipinski definition) is 1. The van der Waals surface area contributed by atoms with Gasteiger partial charge >= 0.3 is 6.61 Å². The third kappa shape index (κ3) is 5.18. The van der Waals surface area contributed by atoms with E-state index < -0.39 is 18.4 Å². The van der Waals surface area contributed by atoms with E-state index in [1.807, 2.05) is 0 Å². The van der Waals surface area contributed by atoms with Gasteiger partial charge < -0.3 is 19.7 Å². The van der Waals surface area contributed by atoms with Crippen molar-refractivity contribution in [2.24, 2.45) is 5.92 Å². The zero-order chi connectivity index (χ0) is 21.7. The Morgan fingerprint density at radius 1 is 1.20 bits per heavy atom. The van der Waals surface area contributed by atoms with Crippen LogP contribution in [0.1, 0.15) is 23.2 Å². The minimum Gasteiger partial charge on any atom is -0.495 e. The van der Waals surface area contributed by atoms with Crippen LogP contribution >= 0.6 is 11.6 Å². The van der Waals surface area contributed by atoms with Gasteiger partial charge in [0.2, 0.25) is 5.91 Å². The molecule has 0 radical (unpaired) electrons. The first-order chi connectivity index (χ1) is 14.4. The summed E-state index contributed by atoms with van der Waals surface area (Å²) in [6, 6.07) is 10.8. The monoisotopic (exact) mass is 438 g/mol. The second kappa shape index (κ2) is 9.75. The number of rotatable bonds is 6. The lowest BCUT2D eigenvalue weighted by Gasteiger charge is -2.32. The molecule has 1 N–H and O–H groups in total. The number of benzene rings is 2. The summed E-state index contributed by atoms with van der Waals surface area (Å²) >= 11 is 6.09. The Kier molecular flexibility index (Phi) is 7.10. The summed E-state index contributed by atoms with van der Waals surface area (Å²) in [5.41, 5.74) is 0.561. The maximum Gasteiger partial charge on any atom is 0.387 e. The zero-order valence-electron chi connectivity index (χ0n) is 16.2. The Morgan fingerprint density at radius 3 is 2.67 bits per heavy atom. The summed E-state index contributed by atoms with van der Waals surface area (Å²) in [7, 11) is 1.50. The molecule has 6 nitrogen and oxygen atoms in total. The zero-order valence-corrected chi connectivity index (χ0v) is 17.0. The Bertz CT molecular complexity index is 926. The number of piperidine rings is 1. The molecule has 1 heterocycles. The SMILES string of the molecule is COc1ccc(NC(=O)C2CCCN(C(=O)c3ccccc3OC(F)F)C2)cc1Cl. The van der Waals surface area contributed by atoms with Gasteiger partial charge in [-0.15, -0.1) is 0 Å². The Morgan fingerprint density at radius 2 is 1.97 bits per heavy atom. The fourth-order valence-electron chi connectivity index (χ4n) is 3.38. The summed E-state index contributed by atoms with van der Waals surface area (Å²) in [6.45, 7) is -2.42. The van der Waals surface area contributed by atoms with Crippen LogP contribution in [-0.4, -0.2) is 43.5 Å². The van der Waals surface area contributed by atoms with Gasteiger partial charge in [-0.3, -0.25) is 9.59 Å². The third-order valence-electron chi connectivity index (χ3n) is 4.83. The van der Waals surface area contributed by atoms with Crippen molar-refractivity contribution in [2.45, 2.75) is 19.5 Å². The molecular formula is C21H21ClF2N2O4. The summed E-state index contributed by atoms with van der Waals surface area (Å²) in [4.78, 5) is 27.1. The standard InChI is InChI=1S/C21H21ClF2N2O4/c1-29-18-9-8-14(11-16(18)22)25-19(27)13-5-4-10-26(12-13)20(28)15-6-2-3-7-17(15)30-21(23)24/h2-3,6-9,11,13,21H,4-5,10,12H2,1H3,(H,25,27). The molecular weight excluding hydrogens is 418 g/mol. The number of nitrogens with zero attached hydrogens (tertiary/aromatic N) is 1. The van der Waals surface area contributed by atoms with Gasteiger partial charge in [-0.25, -0.2) is 0 Å². The van der Waals surface area contributed by atoms with E-state index in [1.165, 1.54) is 30.2 Å². The minimum absolute atomic E-state index is 0.0424. The number of likely N-dealkylation sites (tertiary alicyclic amines) is 1. The first-order valence-electron chi connectivity index (χ1n) is 9.36. The van der Waals surface area contributed by atoms with Gasteiger partial charge in [0.15, 0.2) is 0 Å². The second-order valence-corrected chi connectivity index (χ2v) is 7.21. The van der Waals surface area contributed by atoms with Crippen molar-refractivity contribution >= 4 is 29.1 Å². The van der Waals surface area contributed by atoms with Gasteiger partial charge in [0.05, 0.1) is 23.6 Å². The van der Waals surface area contributed by atoms with Crippen molar-refractivity contribution in [3.63, 3.8) is 0 Å². The van der Waals surface area contributed by atoms with E-state index in [0.717, 1.165) is 0 Å². The number of ether oxygens (including phenoxy) is 2. The number of halogens is 3. The molecule has 2 aromatic carbocycles. The Balaban J connectivity index is 1.68. The van der Waals surface area contributed by atoms with Crippen LogP contribution in [0.2, 0.25) is 5.02 Å². The molecule has 9 heteroatoms. The van der Waals surface area contributed by atoms with Crippen LogP contribution in [0.15, 0.2) is 42.5 Å². The van der Waals surface area contributed by atoms with E-state index in [0.29, 0.717) is 35.8 Å². The van der Waals surface area contributed by atoms with Crippen LogP contribution in [-0.2, 0) is 4.79 Å². The number of carbonyl (C=O) groups excluding carboxylic acids is 2. The quantitative estimate of drug-likeness (QED) is 0.724. The lowest BCUT2D eigenvalue weighted by atomic mass is 9.96. The average Bonchev–Trinajstić information content (AvgIpc) is 2.73. The molecule has 1 atom stereocenters. The lowest BCUT2D eigenvalue weighted by molar-refractivity contribution is -0.121. The van der Waals surface area contributed by atoms with E-state index in [9.17, 15) is 18.4 Å².